The fourth-order valence-electron chi connectivity index (χ4n) is 3.85. The first-order valence-corrected chi connectivity index (χ1v) is 11.7. The largest absolute Gasteiger partial charge is 0.474 e. The summed E-state index contributed by atoms with van der Waals surface area (Å²) >= 11 is 6.06. The number of benzene rings is 1. The van der Waals surface area contributed by atoms with Crippen LogP contribution in [0.25, 0.3) is 0 Å². The Morgan fingerprint density at radius 3 is 2.31 bits per heavy atom. The van der Waals surface area contributed by atoms with Gasteiger partial charge in [0.25, 0.3) is 0 Å². The first kappa shape index (κ1) is 28.7. The zero-order valence-corrected chi connectivity index (χ0v) is 21.4. The summed E-state index contributed by atoms with van der Waals surface area (Å²) in [5, 5.41) is 2.69. The van der Waals surface area contributed by atoms with Crippen molar-refractivity contribution in [3.05, 3.63) is 52.4 Å². The van der Waals surface area contributed by atoms with E-state index < -0.39 is 52.4 Å². The van der Waals surface area contributed by atoms with E-state index in [1.165, 1.54) is 32.9 Å². The Morgan fingerprint density at radius 1 is 1.14 bits per heavy atom. The minimum atomic E-state index is -1.64. The molecule has 0 aliphatic heterocycles. The van der Waals surface area contributed by atoms with Crippen molar-refractivity contribution in [2.45, 2.75) is 58.7 Å². The van der Waals surface area contributed by atoms with Crippen molar-refractivity contribution in [3.8, 4) is 5.88 Å². The molecule has 1 aromatic carbocycles. The van der Waals surface area contributed by atoms with Crippen LogP contribution < -0.4 is 10.1 Å². The second kappa shape index (κ2) is 11.9. The van der Waals surface area contributed by atoms with Crippen LogP contribution in [0.5, 0.6) is 5.88 Å². The highest BCUT2D eigenvalue weighted by atomic mass is 35.5. The highest BCUT2D eigenvalue weighted by Gasteiger charge is 2.40. The summed E-state index contributed by atoms with van der Waals surface area (Å²) < 4.78 is 48.4. The zero-order chi connectivity index (χ0) is 26.5. The lowest BCUT2D eigenvalue weighted by molar-refractivity contribution is -0.125. The molecule has 0 aliphatic rings. The van der Waals surface area contributed by atoms with Crippen molar-refractivity contribution in [2.75, 3.05) is 13.6 Å². The van der Waals surface area contributed by atoms with E-state index in [9.17, 15) is 22.8 Å². The van der Waals surface area contributed by atoms with Gasteiger partial charge in [0.05, 0.1) is 11.3 Å². The number of hydrogen-bond acceptors (Lipinski definition) is 6. The molecule has 0 bridgehead atoms. The van der Waals surface area contributed by atoms with Crippen molar-refractivity contribution in [1.82, 2.24) is 15.3 Å². The quantitative estimate of drug-likeness (QED) is 0.241. The number of halogens is 4. The molecule has 1 unspecified atom stereocenters. The summed E-state index contributed by atoms with van der Waals surface area (Å²) in [6.45, 7) is 7.81. The predicted octanol–water partition coefficient (Wildman–Crippen LogP) is 5.12. The molecule has 1 N–H and O–H groups in total. The molecular weight excluding hydrogens is 483 g/mol. The fourth-order valence-corrected chi connectivity index (χ4v) is 4.02. The van der Waals surface area contributed by atoms with Crippen LogP contribution in [0.4, 0.5) is 13.2 Å². The van der Waals surface area contributed by atoms with E-state index in [2.05, 4.69) is 15.3 Å². The lowest BCUT2D eigenvalue weighted by Gasteiger charge is -2.27. The van der Waals surface area contributed by atoms with Crippen LogP contribution in [-0.4, -0.2) is 47.4 Å². The number of carbonyl (C=O) groups is 2. The van der Waals surface area contributed by atoms with Crippen LogP contribution in [0, 0.1) is 23.5 Å². The average Bonchev–Trinajstić information content (AvgIpc) is 2.76. The lowest BCUT2D eigenvalue weighted by atomic mass is 9.74. The van der Waals surface area contributed by atoms with Crippen LogP contribution in [0.3, 0.4) is 0 Å². The molecule has 0 saturated heterocycles. The summed E-state index contributed by atoms with van der Waals surface area (Å²) in [4.78, 5) is 34.2. The molecule has 0 saturated carbocycles. The number of alkyl halides is 1. The third kappa shape index (κ3) is 7.01. The second-order valence-corrected chi connectivity index (χ2v) is 9.60. The van der Waals surface area contributed by atoms with Gasteiger partial charge in [-0.05, 0) is 59.2 Å². The van der Waals surface area contributed by atoms with E-state index in [1.54, 1.807) is 14.0 Å². The monoisotopic (exact) mass is 513 g/mol. The van der Waals surface area contributed by atoms with Gasteiger partial charge < -0.3 is 10.1 Å². The Morgan fingerprint density at radius 2 is 1.74 bits per heavy atom. The van der Waals surface area contributed by atoms with Gasteiger partial charge in [-0.2, -0.15) is 4.98 Å². The molecule has 2 rings (SSSR count). The van der Waals surface area contributed by atoms with Crippen LogP contribution >= 0.6 is 11.6 Å². The minimum absolute atomic E-state index is 0.00391. The molecule has 0 aliphatic carbocycles. The summed E-state index contributed by atoms with van der Waals surface area (Å²) in [7, 11) is 1.66. The maximum atomic E-state index is 14.3. The topological polar surface area (TPSA) is 81.2 Å². The number of ketones is 2. The summed E-state index contributed by atoms with van der Waals surface area (Å²) in [6.07, 6.45) is -1.26. The Balaban J connectivity index is 2.23. The van der Waals surface area contributed by atoms with Crippen molar-refractivity contribution >= 4 is 23.2 Å². The van der Waals surface area contributed by atoms with Gasteiger partial charge in [0.1, 0.15) is 29.1 Å². The molecule has 35 heavy (non-hydrogen) atoms. The molecule has 192 valence electrons. The van der Waals surface area contributed by atoms with Gasteiger partial charge in [-0.3, -0.25) is 9.59 Å². The van der Waals surface area contributed by atoms with Crippen LogP contribution in [0.2, 0.25) is 5.15 Å². The van der Waals surface area contributed by atoms with Crippen LogP contribution in [0.15, 0.2) is 24.3 Å². The smallest absolute Gasteiger partial charge is 0.218 e. The molecule has 6 nitrogen and oxygen atoms in total. The standard InChI is InChI=1S/C25H31ClF3N3O3/c1-13(10-16(27)12-30-6)15(3)35-20-11-19(26)31-24(32-20)22(33)14(2)23(34)25(4,5)21-17(28)8-7-9-18(21)29/h7-9,11,13-16,30H,10,12H2,1-6H3/t13-,14?,15-,16+/m0/s1. The third-order valence-electron chi connectivity index (χ3n) is 6.04. The van der Waals surface area contributed by atoms with Crippen molar-refractivity contribution < 1.29 is 27.5 Å². The average molecular weight is 514 g/mol. The molecule has 1 heterocycles. The Bertz CT molecular complexity index is 1050. The van der Waals surface area contributed by atoms with Gasteiger partial charge in [-0.15, -0.1) is 0 Å². The molecule has 1 aromatic heterocycles. The molecule has 0 amide bonds. The summed E-state index contributed by atoms with van der Waals surface area (Å²) in [5.74, 6) is -5.11. The zero-order valence-electron chi connectivity index (χ0n) is 20.7. The minimum Gasteiger partial charge on any atom is -0.474 e. The first-order valence-electron chi connectivity index (χ1n) is 11.3. The van der Waals surface area contributed by atoms with Crippen molar-refractivity contribution in [3.63, 3.8) is 0 Å². The number of aromatic nitrogens is 2. The van der Waals surface area contributed by atoms with Gasteiger partial charge in [0.15, 0.2) is 5.78 Å². The molecule has 0 radical (unpaired) electrons. The van der Waals surface area contributed by atoms with E-state index >= 15 is 0 Å². The van der Waals surface area contributed by atoms with Gasteiger partial charge in [-0.1, -0.05) is 24.6 Å². The van der Waals surface area contributed by atoms with E-state index in [1.807, 2.05) is 6.92 Å². The molecular formula is C25H31ClF3N3O3. The Kier molecular flexibility index (Phi) is 9.80. The number of rotatable bonds is 12. The van der Waals surface area contributed by atoms with Crippen molar-refractivity contribution in [2.24, 2.45) is 11.8 Å². The lowest BCUT2D eigenvalue weighted by Crippen LogP contribution is -2.39. The number of nitrogens with zero attached hydrogens (tertiary/aromatic N) is 2. The number of ether oxygens (including phenoxy) is 1. The number of carbonyl (C=O) groups excluding carboxylic acids is 2. The Hall–Kier alpha value is -2.52. The van der Waals surface area contributed by atoms with E-state index in [-0.39, 0.29) is 35.7 Å². The molecule has 10 heteroatoms. The summed E-state index contributed by atoms with van der Waals surface area (Å²) in [6, 6.07) is 4.61. The van der Waals surface area contributed by atoms with Gasteiger partial charge in [-0.25, -0.2) is 18.2 Å². The Labute approximate surface area is 208 Å². The molecule has 4 atom stereocenters. The van der Waals surface area contributed by atoms with Gasteiger partial charge in [0, 0.05) is 18.2 Å². The first-order chi connectivity index (χ1) is 16.3. The predicted molar refractivity (Wildman–Crippen MR) is 128 cm³/mol. The second-order valence-electron chi connectivity index (χ2n) is 9.22. The molecule has 2 aromatic rings. The fraction of sp³-hybridized carbons (Fsp3) is 0.520. The van der Waals surface area contributed by atoms with Gasteiger partial charge >= 0.3 is 0 Å². The molecule has 0 fully saturated rings. The SMILES string of the molecule is CNC[C@H](F)C[C@H](C)[C@H](C)Oc1cc(Cl)nc(C(=O)C(C)C(=O)C(C)(C)c2c(F)cccc2F)n1. The van der Waals surface area contributed by atoms with E-state index in [0.29, 0.717) is 0 Å². The number of Topliss-reactive ketones (excluding diaryl/α,β-unsaturated/α-hetero) is 2. The third-order valence-corrected chi connectivity index (χ3v) is 6.24. The number of hydrogen-bond donors (Lipinski definition) is 1. The maximum Gasteiger partial charge on any atom is 0.218 e. The van der Waals surface area contributed by atoms with Crippen molar-refractivity contribution in [1.29, 1.82) is 0 Å². The summed E-state index contributed by atoms with van der Waals surface area (Å²) in [5.41, 5.74) is -2.06. The normalized spacial score (nSPS) is 15.3. The molecule has 0 spiro atoms. The number of nitrogens with one attached hydrogen (secondary N) is 1. The van der Waals surface area contributed by atoms with E-state index in [0.717, 1.165) is 12.1 Å². The van der Waals surface area contributed by atoms with E-state index in [4.69, 9.17) is 16.3 Å². The highest BCUT2D eigenvalue weighted by molar-refractivity contribution is 6.29. The maximum absolute atomic E-state index is 14.3. The highest BCUT2D eigenvalue weighted by Crippen LogP contribution is 2.32. The van der Waals surface area contributed by atoms with Crippen LogP contribution in [-0.2, 0) is 10.2 Å². The van der Waals surface area contributed by atoms with Crippen LogP contribution in [0.1, 0.15) is 57.2 Å². The van der Waals surface area contributed by atoms with Gasteiger partial charge in [0.2, 0.25) is 17.5 Å².